The lowest BCUT2D eigenvalue weighted by Crippen LogP contribution is -2.41. The van der Waals surface area contributed by atoms with Crippen molar-refractivity contribution >= 4 is 40.9 Å². The Morgan fingerprint density at radius 3 is 2.76 bits per heavy atom. The van der Waals surface area contributed by atoms with Crippen LogP contribution >= 0.6 is 11.6 Å². The molecule has 3 aromatic rings. The van der Waals surface area contributed by atoms with Crippen LogP contribution < -0.4 is 20.7 Å². The first-order valence-corrected chi connectivity index (χ1v) is 13.4. The quantitative estimate of drug-likeness (QED) is 0.325. The van der Waals surface area contributed by atoms with Crippen LogP contribution in [0.3, 0.4) is 0 Å². The van der Waals surface area contributed by atoms with E-state index in [1.165, 1.54) is 18.5 Å². The third-order valence-corrected chi connectivity index (χ3v) is 6.88. The van der Waals surface area contributed by atoms with E-state index in [0.29, 0.717) is 61.2 Å². The minimum absolute atomic E-state index is 0.00974. The first-order chi connectivity index (χ1) is 19.8. The maximum absolute atomic E-state index is 13.0. The fraction of sp³-hybridized carbons (Fsp3) is 0.321. The Morgan fingerprint density at radius 1 is 1.15 bits per heavy atom. The summed E-state index contributed by atoms with van der Waals surface area (Å²) >= 11 is 6.41. The van der Waals surface area contributed by atoms with Crippen LogP contribution in [0.4, 0.5) is 30.5 Å². The van der Waals surface area contributed by atoms with Gasteiger partial charge in [0.25, 0.3) is 0 Å². The monoisotopic (exact) mass is 588 g/mol. The molecule has 3 N–H and O–H groups in total. The van der Waals surface area contributed by atoms with E-state index in [-0.39, 0.29) is 22.4 Å². The first kappa shape index (κ1) is 28.7. The number of ether oxygens (including phenoxy) is 2. The van der Waals surface area contributed by atoms with Crippen molar-refractivity contribution in [3.8, 4) is 11.5 Å². The Balaban J connectivity index is 1.28. The molecule has 0 unspecified atom stereocenters. The van der Waals surface area contributed by atoms with Crippen molar-refractivity contribution in [1.82, 2.24) is 20.2 Å². The molecule has 1 aromatic heterocycles. The lowest BCUT2D eigenvalue weighted by Gasteiger charge is -2.26. The molecule has 0 atom stereocenters. The highest BCUT2D eigenvalue weighted by Crippen LogP contribution is 2.36. The van der Waals surface area contributed by atoms with Gasteiger partial charge in [-0.15, -0.1) is 0 Å². The number of benzene rings is 2. The molecule has 0 aliphatic carbocycles. The van der Waals surface area contributed by atoms with E-state index in [1.54, 1.807) is 24.3 Å². The van der Waals surface area contributed by atoms with Gasteiger partial charge in [0, 0.05) is 44.0 Å². The van der Waals surface area contributed by atoms with Crippen LogP contribution in [0.2, 0.25) is 5.02 Å². The van der Waals surface area contributed by atoms with E-state index in [0.717, 1.165) is 31.8 Å². The third-order valence-electron chi connectivity index (χ3n) is 6.58. The first-order valence-electron chi connectivity index (χ1n) is 13.1. The summed E-state index contributed by atoms with van der Waals surface area (Å²) in [6, 6.07) is 9.35. The number of morpholine rings is 1. The number of aromatic nitrogens is 2. The van der Waals surface area contributed by atoms with Crippen LogP contribution in [0, 0.1) is 0 Å². The average molecular weight is 589 g/mol. The minimum Gasteiger partial charge on any atom is -0.456 e. The van der Waals surface area contributed by atoms with Crippen molar-refractivity contribution in [2.75, 3.05) is 56.6 Å². The maximum Gasteiger partial charge on any atom is 0.416 e. The summed E-state index contributed by atoms with van der Waals surface area (Å²) in [5.41, 5.74) is 0.949. The molecule has 1 fully saturated rings. The average Bonchev–Trinajstić information content (AvgIpc) is 3.18. The van der Waals surface area contributed by atoms with Crippen molar-refractivity contribution in [2.24, 2.45) is 0 Å². The zero-order valence-corrected chi connectivity index (χ0v) is 22.7. The molecule has 1 amide bonds. The Morgan fingerprint density at radius 2 is 1.98 bits per heavy atom. The minimum atomic E-state index is -4.49. The second kappa shape index (κ2) is 12.8. The van der Waals surface area contributed by atoms with Crippen LogP contribution in [0.25, 0.3) is 6.08 Å². The zero-order valence-electron chi connectivity index (χ0n) is 21.9. The lowest BCUT2D eigenvalue weighted by molar-refractivity contribution is -0.137. The summed E-state index contributed by atoms with van der Waals surface area (Å²) in [7, 11) is 0. The van der Waals surface area contributed by atoms with Gasteiger partial charge in [-0.2, -0.15) is 13.2 Å². The molecule has 9 nitrogen and oxygen atoms in total. The van der Waals surface area contributed by atoms with E-state index in [2.05, 4.69) is 30.8 Å². The number of nitrogens with one attached hydrogen (secondary N) is 3. The van der Waals surface area contributed by atoms with E-state index in [9.17, 15) is 18.0 Å². The van der Waals surface area contributed by atoms with Gasteiger partial charge in [0.15, 0.2) is 0 Å². The third kappa shape index (κ3) is 7.46. The number of amides is 1. The van der Waals surface area contributed by atoms with Crippen molar-refractivity contribution in [3.05, 3.63) is 70.5 Å². The second-order valence-electron chi connectivity index (χ2n) is 9.44. The Labute approximate surface area is 239 Å². The molecular formula is C28H28ClF3N6O3. The van der Waals surface area contributed by atoms with Gasteiger partial charge in [0.1, 0.15) is 29.5 Å². The van der Waals surface area contributed by atoms with Gasteiger partial charge in [0.05, 0.1) is 29.4 Å². The molecule has 0 bridgehead atoms. The molecule has 216 valence electrons. The van der Waals surface area contributed by atoms with E-state index in [1.807, 2.05) is 0 Å². The van der Waals surface area contributed by atoms with Gasteiger partial charge < -0.3 is 25.4 Å². The molecule has 13 heteroatoms. The van der Waals surface area contributed by atoms with Gasteiger partial charge in [0.2, 0.25) is 5.91 Å². The lowest BCUT2D eigenvalue weighted by atomic mass is 10.1. The molecule has 0 saturated carbocycles. The molecule has 2 aliphatic rings. The highest BCUT2D eigenvalue weighted by Gasteiger charge is 2.30. The topological polar surface area (TPSA) is 101 Å². The number of fused-ring (bicyclic) bond motifs is 1. The summed E-state index contributed by atoms with van der Waals surface area (Å²) in [4.78, 5) is 23.9. The van der Waals surface area contributed by atoms with Gasteiger partial charge in [-0.3, -0.25) is 9.69 Å². The van der Waals surface area contributed by atoms with E-state index >= 15 is 0 Å². The van der Waals surface area contributed by atoms with Crippen LogP contribution in [-0.4, -0.2) is 66.7 Å². The predicted molar refractivity (Wildman–Crippen MR) is 150 cm³/mol. The summed E-state index contributed by atoms with van der Waals surface area (Å²) in [6.45, 7) is 4.92. The SMILES string of the molecule is O=C(NCCN1CCOCC1)C1=Cc2c(ncnc2Nc2ccc(Oc3cccc(C(F)(F)F)c3)c(Cl)c2)NCC1. The fourth-order valence-corrected chi connectivity index (χ4v) is 4.66. The highest BCUT2D eigenvalue weighted by molar-refractivity contribution is 6.32. The Bertz CT molecular complexity index is 1430. The van der Waals surface area contributed by atoms with Crippen molar-refractivity contribution < 1.29 is 27.4 Å². The van der Waals surface area contributed by atoms with Crippen molar-refractivity contribution in [3.63, 3.8) is 0 Å². The summed E-state index contributed by atoms with van der Waals surface area (Å²) < 4.78 is 50.1. The molecule has 3 heterocycles. The normalized spacial score (nSPS) is 15.7. The molecule has 0 spiro atoms. The van der Waals surface area contributed by atoms with Crippen LogP contribution in [-0.2, 0) is 15.7 Å². The maximum atomic E-state index is 13.0. The number of hydrogen-bond donors (Lipinski definition) is 3. The number of nitrogens with zero attached hydrogens (tertiary/aromatic N) is 3. The van der Waals surface area contributed by atoms with Gasteiger partial charge in [-0.1, -0.05) is 17.7 Å². The largest absolute Gasteiger partial charge is 0.456 e. The number of hydrogen-bond acceptors (Lipinski definition) is 8. The molecule has 2 aliphatic heterocycles. The number of carbonyl (C=O) groups excluding carboxylic acids is 1. The van der Waals surface area contributed by atoms with Crippen LogP contribution in [0.5, 0.6) is 11.5 Å². The molecule has 1 saturated heterocycles. The van der Waals surface area contributed by atoms with E-state index < -0.39 is 11.7 Å². The fourth-order valence-electron chi connectivity index (χ4n) is 4.44. The van der Waals surface area contributed by atoms with Gasteiger partial charge in [-0.25, -0.2) is 9.97 Å². The van der Waals surface area contributed by atoms with Crippen LogP contribution in [0.1, 0.15) is 17.5 Å². The summed E-state index contributed by atoms with van der Waals surface area (Å²) in [6.07, 6.45) is -0.803. The standard InChI is InChI=1S/C28H28ClF3N6O3/c29-23-16-20(4-5-24(23)41-21-3-1-2-19(15-21)28(30,31)32)37-26-22-14-18(6-7-33-25(22)35-17-36-26)27(39)34-8-9-38-10-12-40-13-11-38/h1-5,14-17H,6-13H2,(H,34,39)(H2,33,35,36,37). The molecular weight excluding hydrogens is 561 g/mol. The summed E-state index contributed by atoms with van der Waals surface area (Å²) in [5, 5.41) is 9.61. The number of halogens is 4. The zero-order chi connectivity index (χ0) is 28.8. The summed E-state index contributed by atoms with van der Waals surface area (Å²) in [5.74, 6) is 1.08. The number of carbonyl (C=O) groups is 1. The van der Waals surface area contributed by atoms with Gasteiger partial charge in [-0.05, 0) is 48.9 Å². The van der Waals surface area contributed by atoms with Gasteiger partial charge >= 0.3 is 6.18 Å². The smallest absolute Gasteiger partial charge is 0.416 e. The number of anilines is 3. The Kier molecular flexibility index (Phi) is 8.91. The van der Waals surface area contributed by atoms with Crippen molar-refractivity contribution in [2.45, 2.75) is 12.6 Å². The van der Waals surface area contributed by atoms with E-state index in [4.69, 9.17) is 21.1 Å². The molecule has 41 heavy (non-hydrogen) atoms. The second-order valence-corrected chi connectivity index (χ2v) is 9.85. The number of rotatable bonds is 8. The highest BCUT2D eigenvalue weighted by atomic mass is 35.5. The molecule has 5 rings (SSSR count). The molecule has 2 aromatic carbocycles. The van der Waals surface area contributed by atoms with Crippen LogP contribution in [0.15, 0.2) is 54.4 Å². The molecule has 0 radical (unpaired) electrons. The predicted octanol–water partition coefficient (Wildman–Crippen LogP) is 5.33. The Hall–Kier alpha value is -3.87. The van der Waals surface area contributed by atoms with Crippen molar-refractivity contribution in [1.29, 1.82) is 0 Å². The number of alkyl halides is 3.